The number of aromatic nitrogens is 2. The second-order valence-corrected chi connectivity index (χ2v) is 12.2. The lowest BCUT2D eigenvalue weighted by molar-refractivity contribution is 0.658. The second-order valence-electron chi connectivity index (χ2n) is 12.2. The quantitative estimate of drug-likeness (QED) is 0.205. The fourth-order valence-electron chi connectivity index (χ4n) is 7.34. The number of rotatable bonds is 3. The summed E-state index contributed by atoms with van der Waals surface area (Å²) in [7, 11) is 0. The summed E-state index contributed by atoms with van der Waals surface area (Å²) in [4.78, 5) is 10.4. The van der Waals surface area contributed by atoms with Crippen molar-refractivity contribution in [3.05, 3.63) is 145 Å². The third-order valence-electron chi connectivity index (χ3n) is 9.42. The second kappa shape index (κ2) is 8.83. The molecule has 0 fully saturated rings. The van der Waals surface area contributed by atoms with Gasteiger partial charge < -0.3 is 0 Å². The summed E-state index contributed by atoms with van der Waals surface area (Å²) < 4.78 is 0. The molecule has 1 aliphatic carbocycles. The van der Waals surface area contributed by atoms with Gasteiger partial charge in [-0.05, 0) is 49.0 Å². The van der Waals surface area contributed by atoms with E-state index in [-0.39, 0.29) is 5.41 Å². The molecule has 1 aromatic heterocycles. The third-order valence-corrected chi connectivity index (χ3v) is 9.42. The van der Waals surface area contributed by atoms with E-state index in [1.165, 1.54) is 60.1 Å². The van der Waals surface area contributed by atoms with Crippen molar-refractivity contribution >= 4 is 32.3 Å². The Kier molecular flexibility index (Phi) is 4.99. The molecule has 1 heterocycles. The molecule has 2 nitrogen and oxygen atoms in total. The lowest BCUT2D eigenvalue weighted by atomic mass is 9.80. The number of hydrogen-bond acceptors (Lipinski definition) is 2. The van der Waals surface area contributed by atoms with Crippen LogP contribution in [0.5, 0.6) is 0 Å². The molecule has 0 radical (unpaired) electrons. The largest absolute Gasteiger partial charge is 0.228 e. The molecule has 202 valence electrons. The Balaban J connectivity index is 1.23. The van der Waals surface area contributed by atoms with Gasteiger partial charge >= 0.3 is 0 Å². The highest BCUT2D eigenvalue weighted by atomic mass is 14.9. The SMILES string of the molecule is CC1(C)c2ccccc2-c2nc(-c3ccccc3)nc(-c3ccc(-c4ccc5ccc6cccc7ccc4c5c67)cc3)c21. The minimum absolute atomic E-state index is 0.207. The van der Waals surface area contributed by atoms with Crippen LogP contribution in [0.4, 0.5) is 0 Å². The normalized spacial score (nSPS) is 13.5. The van der Waals surface area contributed by atoms with Crippen LogP contribution in [-0.4, -0.2) is 9.97 Å². The summed E-state index contributed by atoms with van der Waals surface area (Å²) >= 11 is 0. The van der Waals surface area contributed by atoms with Gasteiger partial charge in [0.25, 0.3) is 0 Å². The van der Waals surface area contributed by atoms with Crippen molar-refractivity contribution in [3.8, 4) is 45.0 Å². The number of benzene rings is 7. The lowest BCUT2D eigenvalue weighted by Gasteiger charge is -2.24. The predicted octanol–water partition coefficient (Wildman–Crippen LogP) is 10.7. The average Bonchev–Trinajstić information content (AvgIpc) is 3.30. The van der Waals surface area contributed by atoms with Crippen LogP contribution in [0.3, 0.4) is 0 Å². The van der Waals surface area contributed by atoms with Gasteiger partial charge in [0.15, 0.2) is 5.82 Å². The van der Waals surface area contributed by atoms with Gasteiger partial charge in [-0.25, -0.2) is 9.97 Å². The summed E-state index contributed by atoms with van der Waals surface area (Å²) in [6, 6.07) is 48.1. The van der Waals surface area contributed by atoms with Crippen molar-refractivity contribution in [3.63, 3.8) is 0 Å². The first-order valence-corrected chi connectivity index (χ1v) is 14.9. The molecule has 0 spiro atoms. The summed E-state index contributed by atoms with van der Waals surface area (Å²) in [5.74, 6) is 0.762. The first-order valence-electron chi connectivity index (χ1n) is 14.9. The number of fused-ring (bicyclic) bond motifs is 3. The van der Waals surface area contributed by atoms with Crippen molar-refractivity contribution in [2.75, 3.05) is 0 Å². The molecule has 0 bridgehead atoms. The van der Waals surface area contributed by atoms with E-state index in [9.17, 15) is 0 Å². The molecule has 0 saturated heterocycles. The first kappa shape index (κ1) is 24.3. The molecular weight excluding hydrogens is 520 g/mol. The maximum Gasteiger partial charge on any atom is 0.160 e. The minimum atomic E-state index is -0.207. The van der Waals surface area contributed by atoms with E-state index in [2.05, 4.69) is 141 Å². The Morgan fingerprint density at radius 3 is 1.86 bits per heavy atom. The Hall–Kier alpha value is -5.34. The van der Waals surface area contributed by atoms with Gasteiger partial charge in [0.05, 0.1) is 11.4 Å². The maximum absolute atomic E-state index is 5.26. The van der Waals surface area contributed by atoms with E-state index < -0.39 is 0 Å². The summed E-state index contributed by atoms with van der Waals surface area (Å²) in [5, 5.41) is 7.85. The van der Waals surface area contributed by atoms with Crippen LogP contribution in [0, 0.1) is 0 Å². The smallest absolute Gasteiger partial charge is 0.160 e. The van der Waals surface area contributed by atoms with Crippen molar-refractivity contribution in [2.24, 2.45) is 0 Å². The average molecular weight is 549 g/mol. The van der Waals surface area contributed by atoms with E-state index in [0.29, 0.717) is 0 Å². The summed E-state index contributed by atoms with van der Waals surface area (Å²) in [5.41, 5.74) is 10.1. The van der Waals surface area contributed by atoms with Gasteiger partial charge in [0.1, 0.15) is 0 Å². The number of hydrogen-bond donors (Lipinski definition) is 0. The van der Waals surface area contributed by atoms with Crippen molar-refractivity contribution < 1.29 is 0 Å². The molecule has 1 aliphatic rings. The zero-order chi connectivity index (χ0) is 28.7. The summed E-state index contributed by atoms with van der Waals surface area (Å²) in [6.07, 6.45) is 0. The molecule has 0 saturated carbocycles. The van der Waals surface area contributed by atoms with Crippen LogP contribution in [0.25, 0.3) is 77.3 Å². The Morgan fingerprint density at radius 2 is 1.07 bits per heavy atom. The zero-order valence-electron chi connectivity index (χ0n) is 24.1. The van der Waals surface area contributed by atoms with Gasteiger partial charge in [-0.1, -0.05) is 147 Å². The molecule has 0 amide bonds. The van der Waals surface area contributed by atoms with Gasteiger partial charge in [-0.15, -0.1) is 0 Å². The third kappa shape index (κ3) is 3.47. The highest BCUT2D eigenvalue weighted by Gasteiger charge is 2.39. The molecule has 0 unspecified atom stereocenters. The zero-order valence-corrected chi connectivity index (χ0v) is 24.1. The van der Waals surface area contributed by atoms with Gasteiger partial charge in [0, 0.05) is 27.7 Å². The van der Waals surface area contributed by atoms with Gasteiger partial charge in [0.2, 0.25) is 0 Å². The van der Waals surface area contributed by atoms with Crippen LogP contribution in [0.15, 0.2) is 133 Å². The topological polar surface area (TPSA) is 25.8 Å². The fourth-order valence-corrected chi connectivity index (χ4v) is 7.34. The Bertz CT molecular complexity index is 2330. The fraction of sp³-hybridized carbons (Fsp3) is 0.0732. The monoisotopic (exact) mass is 548 g/mol. The van der Waals surface area contributed by atoms with Crippen molar-refractivity contribution in [2.45, 2.75) is 19.3 Å². The molecule has 0 aliphatic heterocycles. The molecule has 9 rings (SSSR count). The van der Waals surface area contributed by atoms with Gasteiger partial charge in [-0.3, -0.25) is 0 Å². The minimum Gasteiger partial charge on any atom is -0.228 e. The molecule has 8 aromatic rings. The molecular formula is C41H28N2. The highest BCUT2D eigenvalue weighted by Crippen LogP contribution is 2.51. The van der Waals surface area contributed by atoms with E-state index in [4.69, 9.17) is 9.97 Å². The molecule has 0 N–H and O–H groups in total. The number of nitrogens with zero attached hydrogens (tertiary/aromatic N) is 2. The predicted molar refractivity (Wildman–Crippen MR) is 180 cm³/mol. The molecule has 2 heteroatoms. The maximum atomic E-state index is 5.26. The standard InChI is InChI=1S/C41H28N2/c1-41(2)34-14-7-6-13-33(34)39-37(41)38(42-40(43-39)30-9-4-3-5-10-30)29-19-15-25(16-20-29)31-23-21-28-18-17-26-11-8-12-27-22-24-32(31)36(28)35(26)27/h3-24H,1-2H3. The molecule has 43 heavy (non-hydrogen) atoms. The first-order chi connectivity index (χ1) is 21.1. The lowest BCUT2D eigenvalue weighted by Crippen LogP contribution is -2.17. The highest BCUT2D eigenvalue weighted by molar-refractivity contribution is 6.25. The van der Waals surface area contributed by atoms with Crippen LogP contribution < -0.4 is 0 Å². The van der Waals surface area contributed by atoms with Crippen LogP contribution in [0.2, 0.25) is 0 Å². The van der Waals surface area contributed by atoms with Crippen molar-refractivity contribution in [1.82, 2.24) is 9.97 Å². The van der Waals surface area contributed by atoms with Crippen LogP contribution in [0.1, 0.15) is 25.0 Å². The van der Waals surface area contributed by atoms with E-state index in [0.717, 1.165) is 28.3 Å². The Labute approximate surface area is 250 Å². The van der Waals surface area contributed by atoms with Crippen molar-refractivity contribution in [1.29, 1.82) is 0 Å². The molecule has 0 atom stereocenters. The van der Waals surface area contributed by atoms with Gasteiger partial charge in [-0.2, -0.15) is 0 Å². The van der Waals surface area contributed by atoms with E-state index in [1.54, 1.807) is 0 Å². The Morgan fingerprint density at radius 1 is 0.442 bits per heavy atom. The van der Waals surface area contributed by atoms with E-state index >= 15 is 0 Å². The van der Waals surface area contributed by atoms with E-state index in [1.807, 2.05) is 6.07 Å². The molecule has 7 aromatic carbocycles. The van der Waals surface area contributed by atoms with Crippen LogP contribution >= 0.6 is 0 Å². The van der Waals surface area contributed by atoms with Crippen LogP contribution in [-0.2, 0) is 5.41 Å². The summed E-state index contributed by atoms with van der Waals surface area (Å²) in [6.45, 7) is 4.59.